The van der Waals surface area contributed by atoms with Crippen molar-refractivity contribution < 1.29 is 55.7 Å². The summed E-state index contributed by atoms with van der Waals surface area (Å²) in [6, 6.07) is 7.28. The minimum atomic E-state index is -5.08. The van der Waals surface area contributed by atoms with Gasteiger partial charge in [-0.1, -0.05) is 0 Å². The highest BCUT2D eigenvalue weighted by Gasteiger charge is 2.49. The van der Waals surface area contributed by atoms with Gasteiger partial charge in [0.25, 0.3) is 5.91 Å². The molecule has 16 heteroatoms. The number of likely N-dealkylation sites (tertiary alicyclic amines) is 1. The number of hydrogen-bond acceptors (Lipinski definition) is 6. The molecular weight excluding hydrogens is 530 g/mol. The van der Waals surface area contributed by atoms with Gasteiger partial charge < -0.3 is 20.0 Å². The number of halogens is 6. The fourth-order valence-corrected chi connectivity index (χ4v) is 3.70. The normalized spacial score (nSPS) is 18.8. The van der Waals surface area contributed by atoms with Gasteiger partial charge in [-0.15, -0.1) is 0 Å². The molecular formula is C22H20F6N4O6. The van der Waals surface area contributed by atoms with Crippen molar-refractivity contribution in [2.24, 2.45) is 5.41 Å². The highest BCUT2D eigenvalue weighted by atomic mass is 19.4. The van der Waals surface area contributed by atoms with Crippen LogP contribution < -0.4 is 4.90 Å². The Bertz CT molecular complexity index is 1120. The first-order chi connectivity index (χ1) is 17.6. The van der Waals surface area contributed by atoms with Crippen molar-refractivity contribution in [2.75, 3.05) is 24.5 Å². The standard InChI is InChI=1S/C18H18N4O2.2C2HF3O2/c23-16-9-18(13-22(16)15-4-2-7-20-11-15)5-8-21(12-18)17(24)14-3-1-6-19-10-14;2*3-2(4,5)1(6)7/h1-4,6-7,10-11H,5,8-9,12-13H2;2*(H,6,7). The van der Waals surface area contributed by atoms with E-state index in [1.165, 1.54) is 0 Å². The van der Waals surface area contributed by atoms with E-state index in [0.29, 0.717) is 31.6 Å². The van der Waals surface area contributed by atoms with Crippen LogP contribution in [0.15, 0.2) is 49.1 Å². The second kappa shape index (κ2) is 11.9. The maximum atomic E-state index is 12.6. The predicted molar refractivity (Wildman–Crippen MR) is 116 cm³/mol. The third kappa shape index (κ3) is 8.14. The number of carboxylic acid groups (broad SMARTS) is 2. The maximum absolute atomic E-state index is 12.6. The van der Waals surface area contributed by atoms with Crippen LogP contribution >= 0.6 is 0 Å². The van der Waals surface area contributed by atoms with E-state index in [9.17, 15) is 35.9 Å². The molecule has 1 spiro atoms. The van der Waals surface area contributed by atoms with Crippen molar-refractivity contribution in [3.63, 3.8) is 0 Å². The van der Waals surface area contributed by atoms with Gasteiger partial charge in [-0.2, -0.15) is 26.3 Å². The SMILES string of the molecule is O=C(O)C(F)(F)F.O=C(O)C(F)(F)F.O=C(c1cccnc1)N1CCC2(CC(=O)N(c3cccnc3)C2)C1. The second-order valence-electron chi connectivity index (χ2n) is 8.19. The minimum absolute atomic E-state index is 0.00717. The lowest BCUT2D eigenvalue weighted by Gasteiger charge is -2.24. The van der Waals surface area contributed by atoms with Crippen LogP contribution in [0.25, 0.3) is 0 Å². The van der Waals surface area contributed by atoms with Crippen LogP contribution in [0, 0.1) is 5.41 Å². The smallest absolute Gasteiger partial charge is 0.475 e. The Hall–Kier alpha value is -4.24. The summed E-state index contributed by atoms with van der Waals surface area (Å²) < 4.78 is 63.5. The van der Waals surface area contributed by atoms with Crippen LogP contribution in [0.4, 0.5) is 32.0 Å². The van der Waals surface area contributed by atoms with Gasteiger partial charge in [0.15, 0.2) is 0 Å². The molecule has 38 heavy (non-hydrogen) atoms. The van der Waals surface area contributed by atoms with E-state index >= 15 is 0 Å². The van der Waals surface area contributed by atoms with Crippen molar-refractivity contribution in [3.8, 4) is 0 Å². The highest BCUT2D eigenvalue weighted by molar-refractivity contribution is 5.97. The van der Waals surface area contributed by atoms with Crippen molar-refractivity contribution in [3.05, 3.63) is 54.6 Å². The van der Waals surface area contributed by atoms with Gasteiger partial charge in [-0.25, -0.2) is 9.59 Å². The zero-order valence-electron chi connectivity index (χ0n) is 19.2. The van der Waals surface area contributed by atoms with E-state index in [1.807, 2.05) is 17.0 Å². The summed E-state index contributed by atoms with van der Waals surface area (Å²) in [6.45, 7) is 1.94. The third-order valence-corrected chi connectivity index (χ3v) is 5.40. The molecule has 0 aromatic carbocycles. The summed E-state index contributed by atoms with van der Waals surface area (Å²) in [4.78, 5) is 54.6. The van der Waals surface area contributed by atoms with Gasteiger partial charge in [0.05, 0.1) is 17.4 Å². The fraction of sp³-hybridized carbons (Fsp3) is 0.364. The van der Waals surface area contributed by atoms with Gasteiger partial charge in [0.1, 0.15) is 0 Å². The van der Waals surface area contributed by atoms with Crippen LogP contribution in [-0.2, 0) is 14.4 Å². The molecule has 0 bridgehead atoms. The first-order valence-corrected chi connectivity index (χ1v) is 10.6. The first-order valence-electron chi connectivity index (χ1n) is 10.6. The van der Waals surface area contributed by atoms with E-state index in [2.05, 4.69) is 9.97 Å². The van der Waals surface area contributed by atoms with Gasteiger partial charge in [0, 0.05) is 50.1 Å². The number of carbonyl (C=O) groups excluding carboxylic acids is 2. The molecule has 2 N–H and O–H groups in total. The molecule has 2 aromatic rings. The number of anilines is 1. The Morgan fingerprint density at radius 3 is 1.84 bits per heavy atom. The van der Waals surface area contributed by atoms with E-state index < -0.39 is 24.3 Å². The van der Waals surface area contributed by atoms with Crippen molar-refractivity contribution in [2.45, 2.75) is 25.2 Å². The van der Waals surface area contributed by atoms with Gasteiger partial charge in [-0.05, 0) is 30.7 Å². The quantitative estimate of drug-likeness (QED) is 0.544. The minimum Gasteiger partial charge on any atom is -0.475 e. The Morgan fingerprint density at radius 2 is 1.39 bits per heavy atom. The van der Waals surface area contributed by atoms with Crippen LogP contribution in [0.2, 0.25) is 0 Å². The van der Waals surface area contributed by atoms with Crippen LogP contribution in [0.1, 0.15) is 23.2 Å². The largest absolute Gasteiger partial charge is 0.490 e. The molecule has 1 unspecified atom stereocenters. The lowest BCUT2D eigenvalue weighted by molar-refractivity contribution is -0.193. The van der Waals surface area contributed by atoms with Crippen LogP contribution in [0.5, 0.6) is 0 Å². The number of nitrogens with zero attached hydrogens (tertiary/aromatic N) is 4. The number of pyridine rings is 2. The zero-order valence-corrected chi connectivity index (χ0v) is 19.2. The molecule has 2 aromatic heterocycles. The third-order valence-electron chi connectivity index (χ3n) is 5.40. The van der Waals surface area contributed by atoms with Gasteiger partial charge in [0.2, 0.25) is 5.91 Å². The maximum Gasteiger partial charge on any atom is 0.490 e. The molecule has 2 aliphatic rings. The van der Waals surface area contributed by atoms with E-state index in [4.69, 9.17) is 19.8 Å². The average Bonchev–Trinajstić information content (AvgIpc) is 3.41. The average molecular weight is 550 g/mol. The second-order valence-corrected chi connectivity index (χ2v) is 8.19. The van der Waals surface area contributed by atoms with Gasteiger partial charge >= 0.3 is 24.3 Å². The summed E-state index contributed by atoms with van der Waals surface area (Å²) >= 11 is 0. The molecule has 0 aliphatic carbocycles. The molecule has 0 radical (unpaired) electrons. The Labute approximate surface area is 210 Å². The van der Waals surface area contributed by atoms with Crippen molar-refractivity contribution in [1.82, 2.24) is 14.9 Å². The Balaban J connectivity index is 0.000000301. The number of alkyl halides is 6. The number of amides is 2. The number of carboxylic acids is 2. The lowest BCUT2D eigenvalue weighted by Crippen LogP contribution is -2.34. The topological polar surface area (TPSA) is 141 Å². The lowest BCUT2D eigenvalue weighted by atomic mass is 9.86. The number of rotatable bonds is 2. The van der Waals surface area contributed by atoms with Crippen LogP contribution in [0.3, 0.4) is 0 Å². The summed E-state index contributed by atoms with van der Waals surface area (Å²) in [6.07, 6.45) is -2.17. The summed E-state index contributed by atoms with van der Waals surface area (Å²) in [5, 5.41) is 14.2. The molecule has 2 fully saturated rings. The molecule has 206 valence electrons. The monoisotopic (exact) mass is 550 g/mol. The zero-order chi connectivity index (χ0) is 28.7. The molecule has 2 aliphatic heterocycles. The number of aromatic nitrogens is 2. The summed E-state index contributed by atoms with van der Waals surface area (Å²) in [5.74, 6) is -5.41. The predicted octanol–water partition coefficient (Wildman–Crippen LogP) is 3.01. The van der Waals surface area contributed by atoms with Crippen molar-refractivity contribution in [1.29, 1.82) is 0 Å². The molecule has 10 nitrogen and oxygen atoms in total. The van der Waals surface area contributed by atoms with Gasteiger partial charge in [-0.3, -0.25) is 19.6 Å². The number of carbonyl (C=O) groups is 4. The van der Waals surface area contributed by atoms with E-state index in [1.54, 1.807) is 41.8 Å². The van der Waals surface area contributed by atoms with E-state index in [0.717, 1.165) is 12.1 Å². The Morgan fingerprint density at radius 1 is 0.868 bits per heavy atom. The molecule has 2 saturated heterocycles. The summed E-state index contributed by atoms with van der Waals surface area (Å²) in [5.41, 5.74) is 1.28. The first kappa shape index (κ1) is 30.0. The fourth-order valence-electron chi connectivity index (χ4n) is 3.70. The number of aliphatic carboxylic acids is 2. The van der Waals surface area contributed by atoms with Crippen LogP contribution in [-0.4, -0.2) is 80.8 Å². The molecule has 4 rings (SSSR count). The highest BCUT2D eigenvalue weighted by Crippen LogP contribution is 2.42. The Kier molecular flexibility index (Phi) is 9.37. The molecule has 4 heterocycles. The molecule has 2 amide bonds. The molecule has 0 saturated carbocycles. The number of hydrogen-bond donors (Lipinski definition) is 2. The van der Waals surface area contributed by atoms with E-state index in [-0.39, 0.29) is 17.2 Å². The summed E-state index contributed by atoms with van der Waals surface area (Å²) in [7, 11) is 0. The molecule has 1 atom stereocenters. The van der Waals surface area contributed by atoms with Crippen molar-refractivity contribution >= 4 is 29.4 Å².